The largest absolute Gasteiger partial charge is 0.761 e. The number of aliphatic hydroxyl groups excluding tert-OH is 1. The molecule has 1 fully saturated rings. The van der Waals surface area contributed by atoms with Crippen molar-refractivity contribution in [2.24, 2.45) is 0 Å². The van der Waals surface area contributed by atoms with Gasteiger partial charge >= 0.3 is 12.1 Å². The highest BCUT2D eigenvalue weighted by Crippen LogP contribution is 2.34. The smallest absolute Gasteiger partial charge is 0.414 e. The molecule has 2 heterocycles. The van der Waals surface area contributed by atoms with Gasteiger partial charge in [0.2, 0.25) is 0 Å². The number of ether oxygens (including phenoxy) is 1. The van der Waals surface area contributed by atoms with E-state index >= 15 is 0 Å². The number of carbonyl (C=O) groups is 3. The Morgan fingerprint density at radius 1 is 1.20 bits per heavy atom. The molecule has 4 rings (SSSR count). The molecule has 1 saturated heterocycles. The van der Waals surface area contributed by atoms with E-state index in [1.165, 1.54) is 29.1 Å². The Balaban J connectivity index is 1.45. The van der Waals surface area contributed by atoms with E-state index in [0.29, 0.717) is 31.6 Å². The molecule has 186 valence electrons. The predicted molar refractivity (Wildman–Crippen MR) is 136 cm³/mol. The standard InChI is InChI=1S/C23H24IN4O7/c24-35-22(31)18(12-29)25-21(30)14-5-6-20(17(11-14)26-33)27-9-7-16(8-10-27)28-19-4-2-1-3-15(19)13-34-23(28)32/h1-6,11,16,18,26,29H,7-10,12-13H2,(H,25,30)/q-1. The zero-order valence-electron chi connectivity index (χ0n) is 18.6. The molecule has 2 aliphatic rings. The maximum absolute atomic E-state index is 12.5. The first-order chi connectivity index (χ1) is 17.0. The van der Waals surface area contributed by atoms with Crippen LogP contribution in [0.5, 0.6) is 0 Å². The summed E-state index contributed by atoms with van der Waals surface area (Å²) in [6.45, 7) is 0.819. The Morgan fingerprint density at radius 3 is 2.63 bits per heavy atom. The van der Waals surface area contributed by atoms with Crippen molar-refractivity contribution in [2.75, 3.05) is 35.0 Å². The first kappa shape index (κ1) is 25.0. The van der Waals surface area contributed by atoms with Gasteiger partial charge in [-0.05, 0) is 37.1 Å². The van der Waals surface area contributed by atoms with Crippen molar-refractivity contribution in [1.29, 1.82) is 0 Å². The van der Waals surface area contributed by atoms with Crippen LogP contribution in [-0.4, -0.2) is 54.9 Å². The molecule has 1 atom stereocenters. The SMILES string of the molecule is O=C(NC(CO)C(=O)OI)c1ccc(N2CCC(N3C(=O)OCc4ccccc43)CC2)c(N[O-])c1. The lowest BCUT2D eigenvalue weighted by Crippen LogP contribution is -2.49. The van der Waals surface area contributed by atoms with Gasteiger partial charge in [-0.1, -0.05) is 18.2 Å². The number of hydrogen-bond acceptors (Lipinski definition) is 9. The van der Waals surface area contributed by atoms with Crippen LogP contribution in [0.4, 0.5) is 21.9 Å². The quantitative estimate of drug-likeness (QED) is 0.325. The number of cyclic esters (lactones) is 1. The van der Waals surface area contributed by atoms with Gasteiger partial charge in [0.1, 0.15) is 6.61 Å². The number of aliphatic hydroxyl groups is 1. The Bertz CT molecular complexity index is 1110. The summed E-state index contributed by atoms with van der Waals surface area (Å²) in [6.07, 6.45) is 0.980. The number of benzene rings is 2. The van der Waals surface area contributed by atoms with Crippen LogP contribution in [0.1, 0.15) is 28.8 Å². The van der Waals surface area contributed by atoms with Crippen LogP contribution in [-0.2, 0) is 19.2 Å². The molecule has 0 saturated carbocycles. The molecule has 1 unspecified atom stereocenters. The first-order valence-electron chi connectivity index (χ1n) is 11.0. The number of amides is 2. The molecule has 12 heteroatoms. The Labute approximate surface area is 215 Å². The van der Waals surface area contributed by atoms with Crippen molar-refractivity contribution in [1.82, 2.24) is 5.32 Å². The lowest BCUT2D eigenvalue weighted by atomic mass is 9.99. The van der Waals surface area contributed by atoms with Crippen LogP contribution in [0.2, 0.25) is 0 Å². The number of para-hydroxylation sites is 1. The second-order valence-electron chi connectivity index (χ2n) is 8.21. The van der Waals surface area contributed by atoms with Crippen molar-refractivity contribution in [3.8, 4) is 0 Å². The van der Waals surface area contributed by atoms with Crippen molar-refractivity contribution in [3.63, 3.8) is 0 Å². The molecule has 35 heavy (non-hydrogen) atoms. The fourth-order valence-electron chi connectivity index (χ4n) is 4.40. The molecule has 0 bridgehead atoms. The van der Waals surface area contributed by atoms with E-state index in [4.69, 9.17) is 4.74 Å². The molecule has 2 aromatic rings. The van der Waals surface area contributed by atoms with Gasteiger partial charge in [-0.25, -0.2) is 9.59 Å². The number of fused-ring (bicyclic) bond motifs is 1. The van der Waals surface area contributed by atoms with E-state index in [9.17, 15) is 24.7 Å². The summed E-state index contributed by atoms with van der Waals surface area (Å²) >= 11 is 1.37. The van der Waals surface area contributed by atoms with Crippen LogP contribution in [0, 0.1) is 5.21 Å². The number of nitrogens with one attached hydrogen (secondary N) is 2. The van der Waals surface area contributed by atoms with Gasteiger partial charge in [0.05, 0.1) is 18.0 Å². The molecule has 2 aliphatic heterocycles. The van der Waals surface area contributed by atoms with Crippen LogP contribution in [0.25, 0.3) is 0 Å². The van der Waals surface area contributed by atoms with E-state index in [2.05, 4.69) is 8.38 Å². The average Bonchev–Trinajstić information content (AvgIpc) is 2.90. The lowest BCUT2D eigenvalue weighted by Gasteiger charge is -2.41. The molecule has 2 aromatic carbocycles. The van der Waals surface area contributed by atoms with Crippen molar-refractivity contribution in [3.05, 3.63) is 58.8 Å². The van der Waals surface area contributed by atoms with Crippen LogP contribution in [0.3, 0.4) is 0 Å². The fraction of sp³-hybridized carbons (Fsp3) is 0.348. The molecule has 0 radical (unpaired) electrons. The van der Waals surface area contributed by atoms with Crippen molar-refractivity contribution < 1.29 is 27.3 Å². The highest BCUT2D eigenvalue weighted by molar-refractivity contribution is 14.1. The maximum Gasteiger partial charge on any atom is 0.414 e. The topological polar surface area (TPSA) is 144 Å². The van der Waals surface area contributed by atoms with E-state index in [1.807, 2.05) is 34.6 Å². The lowest BCUT2D eigenvalue weighted by molar-refractivity contribution is -0.134. The zero-order valence-corrected chi connectivity index (χ0v) is 20.8. The van der Waals surface area contributed by atoms with Gasteiger partial charge in [-0.15, -0.1) is 0 Å². The summed E-state index contributed by atoms with van der Waals surface area (Å²) in [5.74, 6) is -1.42. The minimum atomic E-state index is -1.21. The average molecular weight is 595 g/mol. The van der Waals surface area contributed by atoms with E-state index in [-0.39, 0.29) is 30.0 Å². The summed E-state index contributed by atoms with van der Waals surface area (Å²) in [6, 6.07) is 11.0. The summed E-state index contributed by atoms with van der Waals surface area (Å²) in [5, 5.41) is 23.4. The fourth-order valence-corrected chi connectivity index (χ4v) is 4.70. The molecule has 2 amide bonds. The third-order valence-corrected chi connectivity index (χ3v) is 6.62. The Kier molecular flexibility index (Phi) is 7.93. The van der Waals surface area contributed by atoms with E-state index in [1.54, 1.807) is 17.0 Å². The highest BCUT2D eigenvalue weighted by atomic mass is 127. The third-order valence-electron chi connectivity index (χ3n) is 6.19. The van der Waals surface area contributed by atoms with Gasteiger partial charge in [-0.2, -0.15) is 0 Å². The Hall–Kier alpha value is -3.10. The summed E-state index contributed by atoms with van der Waals surface area (Å²) in [4.78, 5) is 40.4. The predicted octanol–water partition coefficient (Wildman–Crippen LogP) is 2.71. The number of halogens is 1. The minimum absolute atomic E-state index is 0.0398. The maximum atomic E-state index is 12.5. The number of nitrogens with zero attached hydrogens (tertiary/aromatic N) is 2. The van der Waals surface area contributed by atoms with Gasteiger partial charge in [-0.3, -0.25) is 9.69 Å². The molecule has 0 aromatic heterocycles. The molecule has 3 N–H and O–H groups in total. The molecule has 0 aliphatic carbocycles. The summed E-state index contributed by atoms with van der Waals surface area (Å²) in [5.41, 5.74) is 4.70. The van der Waals surface area contributed by atoms with E-state index in [0.717, 1.165) is 11.3 Å². The van der Waals surface area contributed by atoms with Gasteiger partial charge in [0.25, 0.3) is 5.91 Å². The Morgan fingerprint density at radius 2 is 1.94 bits per heavy atom. The zero-order chi connectivity index (χ0) is 24.9. The van der Waals surface area contributed by atoms with Gasteiger partial charge in [0.15, 0.2) is 29.0 Å². The van der Waals surface area contributed by atoms with E-state index < -0.39 is 24.5 Å². The van der Waals surface area contributed by atoms with Crippen LogP contribution >= 0.6 is 23.0 Å². The number of piperidine rings is 1. The monoisotopic (exact) mass is 595 g/mol. The van der Waals surface area contributed by atoms with Crippen LogP contribution in [0.15, 0.2) is 42.5 Å². The van der Waals surface area contributed by atoms with Gasteiger partial charge in [0, 0.05) is 35.9 Å². The van der Waals surface area contributed by atoms with Gasteiger partial charge < -0.3 is 33.8 Å². The highest BCUT2D eigenvalue weighted by Gasteiger charge is 2.34. The molecular weight excluding hydrogens is 571 g/mol. The molecular formula is C23H24IN4O7-. The normalized spacial score (nSPS) is 16.7. The summed E-state index contributed by atoms with van der Waals surface area (Å²) < 4.78 is 9.87. The third kappa shape index (κ3) is 5.28. The minimum Gasteiger partial charge on any atom is -0.761 e. The second-order valence-corrected chi connectivity index (χ2v) is 8.65. The number of anilines is 3. The van der Waals surface area contributed by atoms with Crippen molar-refractivity contribution in [2.45, 2.75) is 31.5 Å². The van der Waals surface area contributed by atoms with Crippen molar-refractivity contribution >= 4 is 58.0 Å². The number of carbonyl (C=O) groups excluding carboxylic acids is 3. The first-order valence-corrected chi connectivity index (χ1v) is 11.9. The second kappa shape index (κ2) is 11.1. The number of rotatable bonds is 7. The molecule has 0 spiro atoms. The molecule has 11 nitrogen and oxygen atoms in total. The van der Waals surface area contributed by atoms with Crippen LogP contribution < -0.4 is 20.6 Å². The summed E-state index contributed by atoms with van der Waals surface area (Å²) in [7, 11) is 0. The number of hydrogen-bond donors (Lipinski definition) is 3.